The van der Waals surface area contributed by atoms with E-state index in [-0.39, 0.29) is 0 Å². The summed E-state index contributed by atoms with van der Waals surface area (Å²) in [7, 11) is -3.66. The van der Waals surface area contributed by atoms with Gasteiger partial charge in [-0.1, -0.05) is 29.8 Å². The molecule has 2 rings (SSSR count). The summed E-state index contributed by atoms with van der Waals surface area (Å²) in [6, 6.07) is 11.3. The summed E-state index contributed by atoms with van der Waals surface area (Å²) < 4.78 is 25.9. The highest BCUT2D eigenvalue weighted by Gasteiger charge is 2.30. The summed E-state index contributed by atoms with van der Waals surface area (Å²) in [6.45, 7) is 5.25. The molecule has 0 aromatic heterocycles. The van der Waals surface area contributed by atoms with Gasteiger partial charge in [0.05, 0.1) is 11.9 Å². The lowest BCUT2D eigenvalue weighted by Crippen LogP contribution is -2.45. The van der Waals surface area contributed by atoms with E-state index in [1.807, 2.05) is 26.0 Å². The zero-order valence-corrected chi connectivity index (χ0v) is 16.1. The van der Waals surface area contributed by atoms with Gasteiger partial charge in [0.1, 0.15) is 6.04 Å². The van der Waals surface area contributed by atoms with Crippen LogP contribution in [0.5, 0.6) is 0 Å². The molecule has 134 valence electrons. The molecular formula is C18H21ClN2O3S. The highest BCUT2D eigenvalue weighted by molar-refractivity contribution is 7.92. The molecule has 7 heteroatoms. The second kappa shape index (κ2) is 7.45. The van der Waals surface area contributed by atoms with Crippen molar-refractivity contribution in [2.24, 2.45) is 0 Å². The Balaban J connectivity index is 2.38. The van der Waals surface area contributed by atoms with Crippen molar-refractivity contribution in [3.63, 3.8) is 0 Å². The molecule has 2 aromatic carbocycles. The number of benzene rings is 2. The molecule has 1 atom stereocenters. The Labute approximate surface area is 153 Å². The van der Waals surface area contributed by atoms with Gasteiger partial charge in [-0.3, -0.25) is 9.10 Å². The van der Waals surface area contributed by atoms with Gasteiger partial charge in [0.2, 0.25) is 15.9 Å². The molecule has 1 amide bonds. The van der Waals surface area contributed by atoms with Crippen LogP contribution in [0.25, 0.3) is 0 Å². The van der Waals surface area contributed by atoms with E-state index in [9.17, 15) is 13.2 Å². The van der Waals surface area contributed by atoms with Crippen molar-refractivity contribution in [2.75, 3.05) is 15.9 Å². The van der Waals surface area contributed by atoms with E-state index in [1.54, 1.807) is 37.3 Å². The first-order valence-corrected chi connectivity index (χ1v) is 9.95. The molecule has 0 aliphatic heterocycles. The van der Waals surface area contributed by atoms with E-state index >= 15 is 0 Å². The number of carbonyl (C=O) groups is 1. The lowest BCUT2D eigenvalue weighted by atomic mass is 10.1. The summed E-state index contributed by atoms with van der Waals surface area (Å²) in [6.07, 6.45) is 1.10. The van der Waals surface area contributed by atoms with Crippen LogP contribution in [0.15, 0.2) is 42.5 Å². The molecule has 0 saturated carbocycles. The third-order valence-corrected chi connectivity index (χ3v) is 5.25. The van der Waals surface area contributed by atoms with Crippen LogP contribution in [0.2, 0.25) is 5.02 Å². The van der Waals surface area contributed by atoms with Crippen LogP contribution in [0, 0.1) is 13.8 Å². The molecule has 0 spiro atoms. The van der Waals surface area contributed by atoms with Crippen LogP contribution in [0.1, 0.15) is 18.1 Å². The lowest BCUT2D eigenvalue weighted by Gasteiger charge is -2.29. The topological polar surface area (TPSA) is 66.5 Å². The number of nitrogens with one attached hydrogen (secondary N) is 1. The Morgan fingerprint density at radius 3 is 2.44 bits per heavy atom. The molecule has 0 fully saturated rings. The number of aryl methyl sites for hydroxylation is 2. The van der Waals surface area contributed by atoms with E-state index in [2.05, 4.69) is 5.32 Å². The van der Waals surface area contributed by atoms with Crippen molar-refractivity contribution in [1.82, 2.24) is 0 Å². The Bertz CT molecular complexity index is 897. The maximum absolute atomic E-state index is 12.6. The zero-order chi connectivity index (χ0) is 18.8. The number of hydrogen-bond donors (Lipinski definition) is 1. The second-order valence-electron chi connectivity index (χ2n) is 6.02. The largest absolute Gasteiger partial charge is 0.324 e. The number of sulfonamides is 1. The molecule has 2 aromatic rings. The van der Waals surface area contributed by atoms with Gasteiger partial charge in [-0.15, -0.1) is 0 Å². The van der Waals surface area contributed by atoms with Gasteiger partial charge in [0, 0.05) is 10.7 Å². The average Bonchev–Trinajstić information content (AvgIpc) is 2.49. The quantitative estimate of drug-likeness (QED) is 0.858. The molecule has 0 unspecified atom stereocenters. The SMILES string of the molecule is Cc1ccc(C)c(N([C@H](C)C(=O)Nc2cccc(Cl)c2)S(C)(=O)=O)c1. The highest BCUT2D eigenvalue weighted by atomic mass is 35.5. The number of carbonyl (C=O) groups excluding carboxylic acids is 1. The minimum absolute atomic E-state index is 0.436. The summed E-state index contributed by atoms with van der Waals surface area (Å²) >= 11 is 5.92. The molecule has 1 N–H and O–H groups in total. The highest BCUT2D eigenvalue weighted by Crippen LogP contribution is 2.27. The first-order chi connectivity index (χ1) is 11.6. The van der Waals surface area contributed by atoms with E-state index in [0.717, 1.165) is 21.7 Å². The first-order valence-electron chi connectivity index (χ1n) is 7.72. The van der Waals surface area contributed by atoms with E-state index in [4.69, 9.17) is 11.6 Å². The summed E-state index contributed by atoms with van der Waals surface area (Å²) in [5.74, 6) is -0.436. The van der Waals surface area contributed by atoms with Gasteiger partial charge in [-0.2, -0.15) is 0 Å². The van der Waals surface area contributed by atoms with Gasteiger partial charge in [-0.25, -0.2) is 8.42 Å². The van der Waals surface area contributed by atoms with Gasteiger partial charge in [-0.05, 0) is 56.2 Å². The number of anilines is 2. The van der Waals surface area contributed by atoms with E-state index in [0.29, 0.717) is 16.4 Å². The maximum atomic E-state index is 12.6. The molecule has 0 bridgehead atoms. The third-order valence-electron chi connectivity index (χ3n) is 3.78. The fourth-order valence-electron chi connectivity index (χ4n) is 2.55. The number of amides is 1. The number of halogens is 1. The van der Waals surface area contributed by atoms with Crippen molar-refractivity contribution in [2.45, 2.75) is 26.8 Å². The zero-order valence-electron chi connectivity index (χ0n) is 14.6. The first kappa shape index (κ1) is 19.3. The number of rotatable bonds is 5. The van der Waals surface area contributed by atoms with Crippen LogP contribution in [0.4, 0.5) is 11.4 Å². The minimum atomic E-state index is -3.66. The fourth-order valence-corrected chi connectivity index (χ4v) is 3.97. The van der Waals surface area contributed by atoms with E-state index in [1.165, 1.54) is 0 Å². The Morgan fingerprint density at radius 1 is 1.16 bits per heavy atom. The normalized spacial score (nSPS) is 12.5. The summed E-state index contributed by atoms with van der Waals surface area (Å²) in [5.41, 5.74) is 2.70. The van der Waals surface area contributed by atoms with Crippen LogP contribution < -0.4 is 9.62 Å². The Morgan fingerprint density at radius 2 is 1.84 bits per heavy atom. The fraction of sp³-hybridized carbons (Fsp3) is 0.278. The minimum Gasteiger partial charge on any atom is -0.324 e. The van der Waals surface area contributed by atoms with Crippen molar-refractivity contribution in [3.05, 3.63) is 58.6 Å². The Kier molecular flexibility index (Phi) is 5.75. The Hall–Kier alpha value is -2.05. The molecule has 25 heavy (non-hydrogen) atoms. The predicted octanol–water partition coefficient (Wildman–Crippen LogP) is 3.75. The van der Waals surface area contributed by atoms with Crippen molar-refractivity contribution in [1.29, 1.82) is 0 Å². The predicted molar refractivity (Wildman–Crippen MR) is 103 cm³/mol. The molecule has 0 heterocycles. The van der Waals surface area contributed by atoms with Crippen molar-refractivity contribution in [3.8, 4) is 0 Å². The van der Waals surface area contributed by atoms with Gasteiger partial charge < -0.3 is 5.32 Å². The third kappa shape index (κ3) is 4.74. The molecule has 0 radical (unpaired) electrons. The maximum Gasteiger partial charge on any atom is 0.247 e. The van der Waals surface area contributed by atoms with Crippen LogP contribution in [0.3, 0.4) is 0 Å². The van der Waals surface area contributed by atoms with Crippen LogP contribution >= 0.6 is 11.6 Å². The molecule has 5 nitrogen and oxygen atoms in total. The molecular weight excluding hydrogens is 360 g/mol. The van der Waals surface area contributed by atoms with Crippen LogP contribution in [-0.2, 0) is 14.8 Å². The summed E-state index contributed by atoms with van der Waals surface area (Å²) in [5, 5.41) is 3.20. The smallest absolute Gasteiger partial charge is 0.247 e. The summed E-state index contributed by atoms with van der Waals surface area (Å²) in [4.78, 5) is 12.6. The number of hydrogen-bond acceptors (Lipinski definition) is 3. The van der Waals surface area contributed by atoms with Gasteiger partial charge in [0.15, 0.2) is 0 Å². The lowest BCUT2D eigenvalue weighted by molar-refractivity contribution is -0.116. The average molecular weight is 381 g/mol. The standard InChI is InChI=1S/C18H21ClN2O3S/c1-12-8-9-13(2)17(10-12)21(25(4,23)24)14(3)18(22)20-16-7-5-6-15(19)11-16/h5-11,14H,1-4H3,(H,20,22)/t14-/m1/s1. The molecule has 0 aliphatic carbocycles. The number of nitrogens with zero attached hydrogens (tertiary/aromatic N) is 1. The monoisotopic (exact) mass is 380 g/mol. The van der Waals surface area contributed by atoms with Crippen molar-refractivity contribution < 1.29 is 13.2 Å². The van der Waals surface area contributed by atoms with E-state index < -0.39 is 22.0 Å². The van der Waals surface area contributed by atoms with Gasteiger partial charge >= 0.3 is 0 Å². The molecule has 0 saturated heterocycles. The van der Waals surface area contributed by atoms with Crippen LogP contribution in [-0.4, -0.2) is 26.6 Å². The molecule has 0 aliphatic rings. The second-order valence-corrected chi connectivity index (χ2v) is 8.32. The van der Waals surface area contributed by atoms with Gasteiger partial charge in [0.25, 0.3) is 0 Å². The van der Waals surface area contributed by atoms with Crippen molar-refractivity contribution >= 4 is 38.9 Å².